The highest BCUT2D eigenvalue weighted by Gasteiger charge is 2.33. The molecule has 5 heteroatoms. The molecule has 1 fully saturated rings. The molecule has 1 aliphatic rings. The zero-order valence-corrected chi connectivity index (χ0v) is 7.28. The summed E-state index contributed by atoms with van der Waals surface area (Å²) in [6.07, 6.45) is 0.996. The Balaban J connectivity index is 2.48. The molecule has 1 aliphatic heterocycles. The number of nitrogens with one attached hydrogen (secondary N) is 1. The quantitative estimate of drug-likeness (QED) is 0.493. The topological polar surface area (TPSA) is 64.6 Å². The number of alkyl carbamates (subject to hydrolysis) is 1. The van der Waals surface area contributed by atoms with Gasteiger partial charge in [-0.1, -0.05) is 12.7 Å². The lowest BCUT2D eigenvalue weighted by atomic mass is 10.2. The van der Waals surface area contributed by atoms with Gasteiger partial charge in [0.2, 0.25) is 0 Å². The van der Waals surface area contributed by atoms with Gasteiger partial charge < -0.3 is 14.8 Å². The summed E-state index contributed by atoms with van der Waals surface area (Å²) < 4.78 is 9.19. The summed E-state index contributed by atoms with van der Waals surface area (Å²) >= 11 is 0. The fourth-order valence-electron chi connectivity index (χ4n) is 1.07. The number of esters is 1. The minimum absolute atomic E-state index is 0.311. The summed E-state index contributed by atoms with van der Waals surface area (Å²) in [4.78, 5) is 21.8. The first-order valence-corrected chi connectivity index (χ1v) is 3.85. The predicted octanol–water partition coefficient (Wildman–Crippen LogP) is 0.212. The third-order valence-electron chi connectivity index (χ3n) is 1.76. The maximum absolute atomic E-state index is 11.1. The first-order valence-electron chi connectivity index (χ1n) is 3.85. The summed E-state index contributed by atoms with van der Waals surface area (Å²) in [6.45, 7) is 3.49. The molecule has 1 amide bonds. The van der Waals surface area contributed by atoms with Crippen LogP contribution in [-0.2, 0) is 14.3 Å². The monoisotopic (exact) mass is 185 g/mol. The van der Waals surface area contributed by atoms with Crippen LogP contribution in [0.25, 0.3) is 0 Å². The van der Waals surface area contributed by atoms with Crippen LogP contribution in [0.2, 0.25) is 0 Å². The van der Waals surface area contributed by atoms with Crippen LogP contribution in [-0.4, -0.2) is 31.3 Å². The highest BCUT2D eigenvalue weighted by Crippen LogP contribution is 2.15. The number of cyclic esters (lactones) is 1. The van der Waals surface area contributed by atoms with E-state index in [2.05, 4.69) is 16.6 Å². The molecule has 0 bridgehead atoms. The molecule has 72 valence electrons. The van der Waals surface area contributed by atoms with Crippen LogP contribution in [0.5, 0.6) is 0 Å². The molecule has 1 N–H and O–H groups in total. The van der Waals surface area contributed by atoms with Crippen molar-refractivity contribution in [2.45, 2.75) is 18.6 Å². The first-order chi connectivity index (χ1) is 6.17. The van der Waals surface area contributed by atoms with Gasteiger partial charge in [0.1, 0.15) is 12.1 Å². The Morgan fingerprint density at radius 2 is 2.54 bits per heavy atom. The fraction of sp³-hybridized carbons (Fsp3) is 0.500. The Hall–Kier alpha value is -1.52. The molecule has 5 nitrogen and oxygen atoms in total. The second-order valence-electron chi connectivity index (χ2n) is 2.64. The van der Waals surface area contributed by atoms with Crippen LogP contribution in [0.1, 0.15) is 6.42 Å². The molecule has 0 aromatic carbocycles. The maximum Gasteiger partial charge on any atom is 0.407 e. The Morgan fingerprint density at radius 1 is 1.85 bits per heavy atom. The van der Waals surface area contributed by atoms with E-state index in [0.717, 1.165) is 0 Å². The van der Waals surface area contributed by atoms with Crippen LogP contribution >= 0.6 is 0 Å². The van der Waals surface area contributed by atoms with Crippen molar-refractivity contribution in [3.8, 4) is 0 Å². The Labute approximate surface area is 75.7 Å². The first kappa shape index (κ1) is 9.57. The molecule has 1 saturated heterocycles. The van der Waals surface area contributed by atoms with Gasteiger partial charge in [0.15, 0.2) is 0 Å². The number of hydrogen-bond donors (Lipinski definition) is 1. The largest absolute Gasteiger partial charge is 0.457 e. The van der Waals surface area contributed by atoms with Crippen molar-refractivity contribution in [3.63, 3.8) is 0 Å². The van der Waals surface area contributed by atoms with Gasteiger partial charge in [-0.05, 0) is 0 Å². The molecule has 2 atom stereocenters. The lowest BCUT2D eigenvalue weighted by Gasteiger charge is -2.05. The number of amides is 1. The van der Waals surface area contributed by atoms with Gasteiger partial charge >= 0.3 is 12.1 Å². The van der Waals surface area contributed by atoms with E-state index < -0.39 is 18.1 Å². The van der Waals surface area contributed by atoms with Crippen LogP contribution in [0, 0.1) is 0 Å². The van der Waals surface area contributed by atoms with Crippen molar-refractivity contribution in [1.29, 1.82) is 0 Å². The van der Waals surface area contributed by atoms with Crippen LogP contribution in [0.3, 0.4) is 0 Å². The Bertz CT molecular complexity index is 238. The van der Waals surface area contributed by atoms with E-state index >= 15 is 0 Å². The number of carbonyl (C=O) groups is 2. The zero-order valence-electron chi connectivity index (χ0n) is 7.28. The van der Waals surface area contributed by atoms with Gasteiger partial charge in [0.05, 0.1) is 7.11 Å². The molecule has 0 unspecified atom stereocenters. The zero-order chi connectivity index (χ0) is 9.84. The van der Waals surface area contributed by atoms with Crippen molar-refractivity contribution in [1.82, 2.24) is 5.32 Å². The summed E-state index contributed by atoms with van der Waals surface area (Å²) in [5, 5.41) is 2.36. The maximum atomic E-state index is 11.1. The van der Waals surface area contributed by atoms with E-state index in [4.69, 9.17) is 4.74 Å². The molecule has 0 spiro atoms. The third-order valence-corrected chi connectivity index (χ3v) is 1.76. The molecule has 1 rings (SSSR count). The van der Waals surface area contributed by atoms with Crippen LogP contribution in [0.4, 0.5) is 4.79 Å². The van der Waals surface area contributed by atoms with Crippen molar-refractivity contribution in [3.05, 3.63) is 12.7 Å². The fourth-order valence-corrected chi connectivity index (χ4v) is 1.07. The highest BCUT2D eigenvalue weighted by atomic mass is 16.6. The Kier molecular flexibility index (Phi) is 2.89. The number of hydrogen-bond acceptors (Lipinski definition) is 4. The molecular weight excluding hydrogens is 174 g/mol. The van der Waals surface area contributed by atoms with E-state index in [0.29, 0.717) is 6.42 Å². The lowest BCUT2D eigenvalue weighted by Crippen LogP contribution is -2.37. The van der Waals surface area contributed by atoms with Gasteiger partial charge in [0.25, 0.3) is 0 Å². The van der Waals surface area contributed by atoms with E-state index in [9.17, 15) is 9.59 Å². The van der Waals surface area contributed by atoms with E-state index in [-0.39, 0.29) is 6.10 Å². The second kappa shape index (κ2) is 3.93. The SMILES string of the molecule is C=C[C@H]1C[C@@H](NC(=O)OC)C(=O)O1. The molecular formula is C8H11NO4. The normalized spacial score (nSPS) is 26.4. The van der Waals surface area contributed by atoms with Crippen molar-refractivity contribution >= 4 is 12.1 Å². The van der Waals surface area contributed by atoms with Gasteiger partial charge in [0, 0.05) is 6.42 Å². The summed E-state index contributed by atoms with van der Waals surface area (Å²) in [5.41, 5.74) is 0. The molecule has 13 heavy (non-hydrogen) atoms. The van der Waals surface area contributed by atoms with Crippen molar-refractivity contribution in [2.24, 2.45) is 0 Å². The van der Waals surface area contributed by atoms with E-state index in [1.807, 2.05) is 0 Å². The lowest BCUT2D eigenvalue weighted by molar-refractivity contribution is -0.141. The summed E-state index contributed by atoms with van der Waals surface area (Å²) in [5.74, 6) is -0.449. The average molecular weight is 185 g/mol. The van der Waals surface area contributed by atoms with Crippen molar-refractivity contribution < 1.29 is 19.1 Å². The second-order valence-corrected chi connectivity index (χ2v) is 2.64. The van der Waals surface area contributed by atoms with Gasteiger partial charge in [-0.25, -0.2) is 9.59 Å². The van der Waals surface area contributed by atoms with Crippen LogP contribution in [0.15, 0.2) is 12.7 Å². The van der Waals surface area contributed by atoms with Gasteiger partial charge in [-0.3, -0.25) is 0 Å². The van der Waals surface area contributed by atoms with E-state index in [1.54, 1.807) is 0 Å². The summed E-state index contributed by atoms with van der Waals surface area (Å²) in [7, 11) is 1.24. The van der Waals surface area contributed by atoms with Gasteiger partial charge in [-0.2, -0.15) is 0 Å². The highest BCUT2D eigenvalue weighted by molar-refractivity contribution is 5.83. The third kappa shape index (κ3) is 2.21. The predicted molar refractivity (Wildman–Crippen MR) is 44.0 cm³/mol. The van der Waals surface area contributed by atoms with Crippen molar-refractivity contribution in [2.75, 3.05) is 7.11 Å². The Morgan fingerprint density at radius 3 is 3.00 bits per heavy atom. The number of rotatable bonds is 2. The molecule has 1 heterocycles. The minimum atomic E-state index is -0.633. The number of methoxy groups -OCH3 is 1. The molecule has 0 aliphatic carbocycles. The minimum Gasteiger partial charge on any atom is -0.457 e. The number of carbonyl (C=O) groups excluding carboxylic acids is 2. The van der Waals surface area contributed by atoms with Gasteiger partial charge in [-0.15, -0.1) is 0 Å². The van der Waals surface area contributed by atoms with Crippen LogP contribution < -0.4 is 5.32 Å². The molecule has 0 radical (unpaired) electrons. The molecule has 0 aromatic rings. The summed E-state index contributed by atoms with van der Waals surface area (Å²) in [6, 6.07) is -0.615. The van der Waals surface area contributed by atoms with E-state index in [1.165, 1.54) is 13.2 Å². The number of ether oxygens (including phenoxy) is 2. The molecule has 0 aromatic heterocycles. The smallest absolute Gasteiger partial charge is 0.407 e. The average Bonchev–Trinajstić information content (AvgIpc) is 2.47. The molecule has 0 saturated carbocycles. The standard InChI is InChI=1S/C8H11NO4/c1-3-5-4-6(7(10)13-5)9-8(11)12-2/h3,5-6H,1,4H2,2H3,(H,9,11)/t5-,6+/m0/s1.